The number of hydrogen-bond acceptors (Lipinski definition) is 4. The minimum atomic E-state index is 0.461. The molecule has 0 fully saturated rings. The number of pyridine rings is 1. The Morgan fingerprint density at radius 3 is 2.79 bits per heavy atom. The highest BCUT2D eigenvalue weighted by molar-refractivity contribution is 9.10. The van der Waals surface area contributed by atoms with Gasteiger partial charge >= 0.3 is 0 Å². The fourth-order valence-electron chi connectivity index (χ4n) is 2.72. The summed E-state index contributed by atoms with van der Waals surface area (Å²) < 4.78 is 14.0. The molecule has 0 bridgehead atoms. The molecule has 2 aromatic heterocycles. The van der Waals surface area contributed by atoms with Crippen LogP contribution in [0.15, 0.2) is 52.2 Å². The topological polar surface area (TPSA) is 72.2 Å². The molecular weight excluding hydrogens is 422 g/mol. The summed E-state index contributed by atoms with van der Waals surface area (Å²) in [7, 11) is 1.63. The van der Waals surface area contributed by atoms with Gasteiger partial charge in [0.05, 0.1) is 26.0 Å². The fourth-order valence-corrected chi connectivity index (χ4v) is 3.07. The summed E-state index contributed by atoms with van der Waals surface area (Å²) >= 11 is 3.47. The van der Waals surface area contributed by atoms with Crippen molar-refractivity contribution in [3.63, 3.8) is 0 Å². The highest BCUT2D eigenvalue weighted by atomic mass is 79.9. The van der Waals surface area contributed by atoms with Gasteiger partial charge in [-0.25, -0.2) is 9.98 Å². The molecule has 3 rings (SSSR count). The molecule has 8 heteroatoms. The number of methoxy groups -OCH3 is 1. The number of aromatic nitrogens is 2. The highest BCUT2D eigenvalue weighted by Gasteiger charge is 2.08. The highest BCUT2D eigenvalue weighted by Crippen LogP contribution is 2.30. The molecule has 0 aliphatic heterocycles. The van der Waals surface area contributed by atoms with Gasteiger partial charge in [-0.05, 0) is 54.0 Å². The Morgan fingerprint density at radius 1 is 1.18 bits per heavy atom. The number of imidazole rings is 1. The molecule has 0 spiro atoms. The van der Waals surface area contributed by atoms with E-state index in [4.69, 9.17) is 9.47 Å². The number of fused-ring (bicyclic) bond motifs is 1. The maximum absolute atomic E-state index is 5.64. The predicted molar refractivity (Wildman–Crippen MR) is 115 cm³/mol. The van der Waals surface area contributed by atoms with Crippen LogP contribution in [0.2, 0.25) is 0 Å². The van der Waals surface area contributed by atoms with Gasteiger partial charge in [0.25, 0.3) is 0 Å². The molecule has 0 aliphatic rings. The molecular formula is C20H24BrN5O2. The number of anilines is 1. The molecule has 0 aliphatic carbocycles. The molecule has 3 aromatic rings. The summed E-state index contributed by atoms with van der Waals surface area (Å²) in [5.41, 5.74) is 2.64. The van der Waals surface area contributed by atoms with Crippen molar-refractivity contribution >= 4 is 33.2 Å². The smallest absolute Gasteiger partial charge is 0.196 e. The molecule has 0 saturated heterocycles. The summed E-state index contributed by atoms with van der Waals surface area (Å²) in [6.07, 6.45) is 3.96. The van der Waals surface area contributed by atoms with Crippen LogP contribution in [0.3, 0.4) is 0 Å². The quantitative estimate of drug-likeness (QED) is 0.423. The van der Waals surface area contributed by atoms with E-state index < -0.39 is 0 Å². The molecule has 2 N–H and O–H groups in total. The Hall–Kier alpha value is -2.74. The number of halogens is 1. The molecule has 0 amide bonds. The van der Waals surface area contributed by atoms with Crippen LogP contribution >= 0.6 is 15.9 Å². The lowest BCUT2D eigenvalue weighted by molar-refractivity contribution is 0.311. The Balaban J connectivity index is 1.77. The van der Waals surface area contributed by atoms with E-state index in [0.717, 1.165) is 28.0 Å². The van der Waals surface area contributed by atoms with Crippen LogP contribution in [0.4, 0.5) is 5.69 Å². The summed E-state index contributed by atoms with van der Waals surface area (Å²) in [6, 6.07) is 9.64. The van der Waals surface area contributed by atoms with Crippen molar-refractivity contribution in [3.05, 3.63) is 52.9 Å². The van der Waals surface area contributed by atoms with Gasteiger partial charge < -0.3 is 24.5 Å². The van der Waals surface area contributed by atoms with E-state index in [2.05, 4.69) is 36.5 Å². The van der Waals surface area contributed by atoms with Crippen molar-refractivity contribution < 1.29 is 9.47 Å². The van der Waals surface area contributed by atoms with Crippen LogP contribution in [-0.2, 0) is 6.54 Å². The van der Waals surface area contributed by atoms with E-state index in [1.54, 1.807) is 7.11 Å². The zero-order valence-electron chi connectivity index (χ0n) is 16.2. The molecule has 1 aromatic carbocycles. The zero-order chi connectivity index (χ0) is 19.9. The first-order chi connectivity index (χ1) is 13.6. The molecule has 28 heavy (non-hydrogen) atoms. The Bertz CT molecular complexity index is 970. The number of ether oxygens (including phenoxy) is 2. The molecule has 0 radical (unpaired) electrons. The van der Waals surface area contributed by atoms with Gasteiger partial charge in [-0.15, -0.1) is 0 Å². The summed E-state index contributed by atoms with van der Waals surface area (Å²) in [4.78, 5) is 9.25. The largest absolute Gasteiger partial charge is 0.493 e. The van der Waals surface area contributed by atoms with Crippen LogP contribution in [0.1, 0.15) is 19.5 Å². The van der Waals surface area contributed by atoms with Gasteiger partial charge in [-0.2, -0.15) is 0 Å². The first-order valence-corrected chi connectivity index (χ1v) is 9.91. The van der Waals surface area contributed by atoms with Crippen molar-refractivity contribution in [2.75, 3.05) is 25.6 Å². The van der Waals surface area contributed by atoms with E-state index in [0.29, 0.717) is 30.6 Å². The lowest BCUT2D eigenvalue weighted by Crippen LogP contribution is -2.30. The number of aliphatic imine (C=N–C) groups is 1. The second-order valence-corrected chi connectivity index (χ2v) is 6.88. The van der Waals surface area contributed by atoms with Crippen LogP contribution in [0.25, 0.3) is 5.65 Å². The number of guanidine groups is 1. The van der Waals surface area contributed by atoms with Crippen molar-refractivity contribution in [3.8, 4) is 11.5 Å². The monoisotopic (exact) mass is 445 g/mol. The summed E-state index contributed by atoms with van der Waals surface area (Å²) in [5, 5.41) is 6.55. The third-order valence-corrected chi connectivity index (χ3v) is 4.40. The van der Waals surface area contributed by atoms with Crippen molar-refractivity contribution in [2.24, 2.45) is 4.99 Å². The average Bonchev–Trinajstić information content (AvgIpc) is 3.09. The normalized spacial score (nSPS) is 11.5. The average molecular weight is 446 g/mol. The van der Waals surface area contributed by atoms with Crippen molar-refractivity contribution in [1.82, 2.24) is 14.7 Å². The third-order valence-electron chi connectivity index (χ3n) is 3.93. The van der Waals surface area contributed by atoms with Crippen molar-refractivity contribution in [1.29, 1.82) is 0 Å². The van der Waals surface area contributed by atoms with Crippen LogP contribution < -0.4 is 20.1 Å². The number of nitrogens with zero attached hydrogens (tertiary/aromatic N) is 3. The van der Waals surface area contributed by atoms with E-state index >= 15 is 0 Å². The van der Waals surface area contributed by atoms with Gasteiger partial charge in [-0.1, -0.05) is 0 Å². The maximum Gasteiger partial charge on any atom is 0.196 e. The van der Waals surface area contributed by atoms with E-state index in [1.807, 2.05) is 61.0 Å². The molecule has 0 saturated carbocycles. The van der Waals surface area contributed by atoms with E-state index in [-0.39, 0.29) is 0 Å². The SMILES string of the molecule is CCNC(=NCc1cn2cc(Br)ccc2n1)Nc1ccc(OC)c(OCC)c1. The molecule has 2 heterocycles. The first kappa shape index (κ1) is 20.0. The number of rotatable bonds is 7. The Kier molecular flexibility index (Phi) is 6.76. The summed E-state index contributed by atoms with van der Waals surface area (Å²) in [5.74, 6) is 2.07. The fraction of sp³-hybridized carbons (Fsp3) is 0.300. The second kappa shape index (κ2) is 9.45. The standard InChI is InChI=1S/C20H24BrN5O2/c1-4-22-20(25-15-7-8-17(27-3)18(10-15)28-5-2)23-11-16-13-26-12-14(21)6-9-19(26)24-16/h6-10,12-13H,4-5,11H2,1-3H3,(H2,22,23,25). The number of nitrogens with one attached hydrogen (secondary N) is 2. The second-order valence-electron chi connectivity index (χ2n) is 5.96. The zero-order valence-corrected chi connectivity index (χ0v) is 17.8. The van der Waals surface area contributed by atoms with Crippen LogP contribution in [0.5, 0.6) is 11.5 Å². The van der Waals surface area contributed by atoms with Crippen molar-refractivity contribution in [2.45, 2.75) is 20.4 Å². The maximum atomic E-state index is 5.64. The lowest BCUT2D eigenvalue weighted by atomic mass is 10.2. The van der Waals surface area contributed by atoms with Gasteiger partial charge in [0.2, 0.25) is 0 Å². The minimum absolute atomic E-state index is 0.461. The third kappa shape index (κ3) is 4.95. The summed E-state index contributed by atoms with van der Waals surface area (Å²) in [6.45, 7) is 5.75. The Labute approximate surface area is 172 Å². The van der Waals surface area contributed by atoms with Crippen LogP contribution in [-0.4, -0.2) is 35.6 Å². The first-order valence-electron chi connectivity index (χ1n) is 9.12. The molecule has 0 unspecified atom stereocenters. The van der Waals surface area contributed by atoms with E-state index in [1.165, 1.54) is 0 Å². The Morgan fingerprint density at radius 2 is 2.04 bits per heavy atom. The molecule has 7 nitrogen and oxygen atoms in total. The van der Waals surface area contributed by atoms with Crippen LogP contribution in [0, 0.1) is 0 Å². The molecule has 0 atom stereocenters. The van der Waals surface area contributed by atoms with Gasteiger partial charge in [0, 0.05) is 35.2 Å². The van der Waals surface area contributed by atoms with Gasteiger partial charge in [-0.3, -0.25) is 0 Å². The van der Waals surface area contributed by atoms with E-state index in [9.17, 15) is 0 Å². The lowest BCUT2D eigenvalue weighted by Gasteiger charge is -2.14. The molecule has 148 valence electrons. The number of hydrogen-bond donors (Lipinski definition) is 2. The predicted octanol–water partition coefficient (Wildman–Crippen LogP) is 4.08. The van der Waals surface area contributed by atoms with Gasteiger partial charge in [0.1, 0.15) is 5.65 Å². The van der Waals surface area contributed by atoms with Gasteiger partial charge in [0.15, 0.2) is 17.5 Å². The number of benzene rings is 1. The minimum Gasteiger partial charge on any atom is -0.493 e.